The van der Waals surface area contributed by atoms with Crippen LogP contribution in [-0.4, -0.2) is 24.1 Å². The number of hydrogen-bond donors (Lipinski definition) is 1. The minimum absolute atomic E-state index is 0.226. The molecule has 137 valence electrons. The molecular weight excluding hydrogens is 337 g/mol. The van der Waals surface area contributed by atoms with Crippen LogP contribution in [0.5, 0.6) is 0 Å². The lowest BCUT2D eigenvalue weighted by atomic mass is 9.95. The van der Waals surface area contributed by atoms with Gasteiger partial charge in [-0.15, -0.1) is 0 Å². The molecule has 0 saturated carbocycles. The number of piperidine rings is 1. The van der Waals surface area contributed by atoms with Gasteiger partial charge < -0.3 is 10.6 Å². The molecule has 0 bridgehead atoms. The minimum atomic E-state index is -0.226. The van der Waals surface area contributed by atoms with E-state index in [4.69, 9.17) is 5.73 Å². The molecule has 1 fully saturated rings. The van der Waals surface area contributed by atoms with E-state index in [1.54, 1.807) is 12.1 Å². The van der Waals surface area contributed by atoms with E-state index < -0.39 is 0 Å². The maximum atomic E-state index is 14.1. The van der Waals surface area contributed by atoms with Crippen LogP contribution >= 0.6 is 0 Å². The Morgan fingerprint density at radius 1 is 1.04 bits per heavy atom. The molecule has 4 rings (SSSR count). The standard InChI is InChI=1S/C23H23FN3/c1-16-11-18(13-19(24)12-16)22-15-26-14-21(17-5-3-2-4-6-17)23(22)27-9-7-20(25)8-10-27/h3-6,11-15,20H,7-10,25H2,1H3. The zero-order chi connectivity index (χ0) is 18.8. The summed E-state index contributed by atoms with van der Waals surface area (Å²) < 4.78 is 14.1. The van der Waals surface area contributed by atoms with Crippen LogP contribution in [0.15, 0.2) is 54.9 Å². The number of benzene rings is 2. The van der Waals surface area contributed by atoms with E-state index >= 15 is 0 Å². The summed E-state index contributed by atoms with van der Waals surface area (Å²) in [6.07, 6.45) is 5.64. The number of nitrogens with zero attached hydrogens (tertiary/aromatic N) is 2. The van der Waals surface area contributed by atoms with Crippen LogP contribution in [0.2, 0.25) is 0 Å². The van der Waals surface area contributed by atoms with E-state index in [2.05, 4.69) is 16.0 Å². The molecule has 2 heterocycles. The predicted molar refractivity (Wildman–Crippen MR) is 108 cm³/mol. The van der Waals surface area contributed by atoms with Crippen molar-refractivity contribution in [3.63, 3.8) is 0 Å². The Morgan fingerprint density at radius 3 is 2.37 bits per heavy atom. The summed E-state index contributed by atoms with van der Waals surface area (Å²) >= 11 is 0. The number of anilines is 1. The lowest BCUT2D eigenvalue weighted by molar-refractivity contribution is 0.501. The zero-order valence-electron chi connectivity index (χ0n) is 15.5. The van der Waals surface area contributed by atoms with E-state index in [1.807, 2.05) is 49.6 Å². The van der Waals surface area contributed by atoms with Crippen LogP contribution in [0.4, 0.5) is 10.1 Å². The molecule has 2 N–H and O–H groups in total. The summed E-state index contributed by atoms with van der Waals surface area (Å²) in [6, 6.07) is 16.4. The Balaban J connectivity index is 1.90. The quantitative estimate of drug-likeness (QED) is 0.743. The van der Waals surface area contributed by atoms with E-state index in [-0.39, 0.29) is 11.9 Å². The highest BCUT2D eigenvalue weighted by Gasteiger charge is 2.23. The molecule has 0 spiro atoms. The van der Waals surface area contributed by atoms with Crippen molar-refractivity contribution in [1.82, 2.24) is 4.98 Å². The summed E-state index contributed by atoms with van der Waals surface area (Å²) in [7, 11) is 0. The highest BCUT2D eigenvalue weighted by Crippen LogP contribution is 2.40. The molecule has 0 unspecified atom stereocenters. The summed E-state index contributed by atoms with van der Waals surface area (Å²) in [5.41, 5.74) is 12.1. The summed E-state index contributed by atoms with van der Waals surface area (Å²) in [5, 5.41) is 0. The molecule has 2 aromatic carbocycles. The molecule has 1 saturated heterocycles. The molecule has 1 aromatic heterocycles. The van der Waals surface area contributed by atoms with Crippen molar-refractivity contribution >= 4 is 5.69 Å². The van der Waals surface area contributed by atoms with E-state index in [0.29, 0.717) is 0 Å². The van der Waals surface area contributed by atoms with E-state index in [0.717, 1.165) is 59.4 Å². The second-order valence-electron chi connectivity index (χ2n) is 7.21. The van der Waals surface area contributed by atoms with Crippen molar-refractivity contribution in [2.45, 2.75) is 25.8 Å². The third kappa shape index (κ3) is 3.71. The van der Waals surface area contributed by atoms with Crippen LogP contribution in [-0.2, 0) is 0 Å². The first-order valence-electron chi connectivity index (χ1n) is 9.34. The van der Waals surface area contributed by atoms with Gasteiger partial charge in [0.15, 0.2) is 0 Å². The number of aromatic nitrogens is 1. The van der Waals surface area contributed by atoms with Crippen molar-refractivity contribution in [1.29, 1.82) is 0 Å². The molecule has 4 heteroatoms. The van der Waals surface area contributed by atoms with Crippen molar-refractivity contribution < 1.29 is 4.39 Å². The van der Waals surface area contributed by atoms with Gasteiger partial charge in [-0.1, -0.05) is 30.3 Å². The van der Waals surface area contributed by atoms with Gasteiger partial charge in [0.2, 0.25) is 0 Å². The summed E-state index contributed by atoms with van der Waals surface area (Å²) in [4.78, 5) is 6.85. The van der Waals surface area contributed by atoms with Crippen molar-refractivity contribution in [3.05, 3.63) is 72.3 Å². The van der Waals surface area contributed by atoms with Crippen molar-refractivity contribution in [3.8, 4) is 22.3 Å². The number of rotatable bonds is 3. The second-order valence-corrected chi connectivity index (χ2v) is 7.21. The number of aryl methyl sites for hydroxylation is 1. The Labute approximate surface area is 159 Å². The molecular formula is C23H23FN3. The fourth-order valence-electron chi connectivity index (χ4n) is 3.80. The highest BCUT2D eigenvalue weighted by atomic mass is 19.1. The molecule has 3 nitrogen and oxygen atoms in total. The largest absolute Gasteiger partial charge is 0.370 e. The van der Waals surface area contributed by atoms with Crippen molar-refractivity contribution in [2.24, 2.45) is 5.73 Å². The molecule has 3 aromatic rings. The van der Waals surface area contributed by atoms with Gasteiger partial charge >= 0.3 is 0 Å². The van der Waals surface area contributed by atoms with Crippen LogP contribution in [0.3, 0.4) is 0 Å². The molecule has 1 radical (unpaired) electrons. The van der Waals surface area contributed by atoms with Crippen LogP contribution < -0.4 is 10.6 Å². The van der Waals surface area contributed by atoms with E-state index in [1.165, 1.54) is 0 Å². The third-order valence-electron chi connectivity index (χ3n) is 5.16. The first-order valence-corrected chi connectivity index (χ1v) is 9.34. The number of hydrogen-bond acceptors (Lipinski definition) is 3. The molecule has 0 atom stereocenters. The monoisotopic (exact) mass is 360 g/mol. The topological polar surface area (TPSA) is 42.2 Å². The Bertz CT molecular complexity index is 911. The summed E-state index contributed by atoms with van der Waals surface area (Å²) in [5.74, 6) is -0.226. The predicted octanol–water partition coefficient (Wildman–Crippen LogP) is 4.59. The molecule has 0 amide bonds. The maximum Gasteiger partial charge on any atom is 0.124 e. The van der Waals surface area contributed by atoms with Gasteiger partial charge in [-0.3, -0.25) is 4.98 Å². The van der Waals surface area contributed by atoms with Gasteiger partial charge in [0, 0.05) is 42.7 Å². The number of halogens is 1. The lowest BCUT2D eigenvalue weighted by Crippen LogP contribution is -2.40. The zero-order valence-corrected chi connectivity index (χ0v) is 15.5. The van der Waals surface area contributed by atoms with Crippen LogP contribution in [0.1, 0.15) is 18.4 Å². The molecule has 0 aliphatic carbocycles. The second kappa shape index (κ2) is 7.49. The highest BCUT2D eigenvalue weighted by molar-refractivity contribution is 5.90. The van der Waals surface area contributed by atoms with Gasteiger partial charge in [0.25, 0.3) is 0 Å². The molecule has 1 aliphatic rings. The van der Waals surface area contributed by atoms with Gasteiger partial charge in [0.1, 0.15) is 5.82 Å². The number of nitrogens with two attached hydrogens (primary N) is 1. The van der Waals surface area contributed by atoms with Crippen LogP contribution in [0.25, 0.3) is 22.3 Å². The third-order valence-corrected chi connectivity index (χ3v) is 5.16. The first kappa shape index (κ1) is 17.7. The molecule has 27 heavy (non-hydrogen) atoms. The van der Waals surface area contributed by atoms with E-state index in [9.17, 15) is 4.39 Å². The Morgan fingerprint density at radius 2 is 1.70 bits per heavy atom. The fraction of sp³-hybridized carbons (Fsp3) is 0.261. The Hall–Kier alpha value is -2.72. The lowest BCUT2D eigenvalue weighted by Gasteiger charge is -2.35. The smallest absolute Gasteiger partial charge is 0.124 e. The van der Waals surface area contributed by atoms with Crippen molar-refractivity contribution in [2.75, 3.05) is 18.0 Å². The minimum Gasteiger partial charge on any atom is -0.370 e. The first-order chi connectivity index (χ1) is 13.1. The normalized spacial score (nSPS) is 15.1. The van der Waals surface area contributed by atoms with Gasteiger partial charge in [-0.05, 0) is 54.7 Å². The maximum absolute atomic E-state index is 14.1. The SMILES string of the molecule is Cc1cc(F)cc(-c2cncc(-c3cc[c]cc3)c2N2CCC(N)CC2)c1. The summed E-state index contributed by atoms with van der Waals surface area (Å²) in [6.45, 7) is 3.69. The average Bonchev–Trinajstić information content (AvgIpc) is 2.68. The van der Waals surface area contributed by atoms with Gasteiger partial charge in [-0.25, -0.2) is 4.39 Å². The fourth-order valence-corrected chi connectivity index (χ4v) is 3.80. The molecule has 1 aliphatic heterocycles. The van der Waals surface area contributed by atoms with Gasteiger partial charge in [-0.2, -0.15) is 0 Å². The Kier molecular flexibility index (Phi) is 4.90. The van der Waals surface area contributed by atoms with Gasteiger partial charge in [0.05, 0.1) is 5.69 Å². The van der Waals surface area contributed by atoms with Crippen LogP contribution in [0, 0.1) is 18.8 Å². The number of pyridine rings is 1. The average molecular weight is 360 g/mol.